The molecule has 10 heteroatoms. The van der Waals surface area contributed by atoms with Crippen molar-refractivity contribution in [1.29, 1.82) is 0 Å². The summed E-state index contributed by atoms with van der Waals surface area (Å²) < 4.78 is 35.8. The second-order valence-electron chi connectivity index (χ2n) is 5.44. The van der Waals surface area contributed by atoms with Gasteiger partial charge < -0.3 is 5.11 Å². The Balaban J connectivity index is 1.50. The Morgan fingerprint density at radius 2 is 1.96 bits per heavy atom. The largest absolute Gasteiger partial charge is 0.386 e. The molecule has 6 nitrogen and oxygen atoms in total. The molecule has 0 unspecified atom stereocenters. The molecule has 0 saturated heterocycles. The maximum Gasteiger partial charge on any atom is 0.242 e. The molecule has 26 heavy (non-hydrogen) atoms. The lowest BCUT2D eigenvalue weighted by atomic mass is 10.3. The van der Waals surface area contributed by atoms with E-state index in [1.807, 2.05) is 29.6 Å². The van der Waals surface area contributed by atoms with E-state index >= 15 is 0 Å². The van der Waals surface area contributed by atoms with E-state index in [0.29, 0.717) is 15.9 Å². The van der Waals surface area contributed by atoms with Crippen LogP contribution in [0.25, 0.3) is 20.8 Å². The van der Waals surface area contributed by atoms with E-state index < -0.39 is 16.1 Å². The van der Waals surface area contributed by atoms with E-state index in [1.165, 1.54) is 17.4 Å². The second kappa shape index (κ2) is 7.14. The van der Waals surface area contributed by atoms with Crippen LogP contribution in [-0.4, -0.2) is 28.8 Å². The van der Waals surface area contributed by atoms with Gasteiger partial charge in [0.2, 0.25) is 10.0 Å². The fourth-order valence-electron chi connectivity index (χ4n) is 2.45. The Morgan fingerprint density at radius 1 is 1.08 bits per heavy atom. The zero-order chi connectivity index (χ0) is 18.1. The number of nitrogens with zero attached hydrogens (tertiary/aromatic N) is 2. The van der Waals surface area contributed by atoms with Gasteiger partial charge in [0.05, 0.1) is 11.7 Å². The van der Waals surface area contributed by atoms with Gasteiger partial charge in [-0.05, 0) is 35.7 Å². The number of nitrogens with one attached hydrogen (secondary N) is 1. The number of sulfonamides is 1. The molecule has 0 aliphatic rings. The molecular weight excluding hydrogens is 410 g/mol. The summed E-state index contributed by atoms with van der Waals surface area (Å²) in [6.07, 6.45) is -0.920. The van der Waals surface area contributed by atoms with Crippen LogP contribution >= 0.6 is 34.4 Å². The zero-order valence-corrected chi connectivity index (χ0v) is 16.5. The van der Waals surface area contributed by atoms with Crippen molar-refractivity contribution in [2.75, 3.05) is 6.54 Å². The highest BCUT2D eigenvalue weighted by atomic mass is 32.2. The van der Waals surface area contributed by atoms with E-state index in [4.69, 9.17) is 0 Å². The number of hydrogen-bond donors (Lipinski definition) is 2. The average Bonchev–Trinajstić information content (AvgIpc) is 3.39. The number of benzene rings is 1. The van der Waals surface area contributed by atoms with Gasteiger partial charge in [0.15, 0.2) is 0 Å². The van der Waals surface area contributed by atoms with Crippen molar-refractivity contribution in [3.8, 4) is 9.75 Å². The quantitative estimate of drug-likeness (QED) is 0.495. The topological polar surface area (TPSA) is 92.2 Å². The fraction of sp³-hybridized carbons (Fsp3) is 0.125. The van der Waals surface area contributed by atoms with E-state index in [1.54, 1.807) is 23.5 Å². The van der Waals surface area contributed by atoms with Crippen molar-refractivity contribution in [3.05, 3.63) is 52.7 Å². The first-order chi connectivity index (χ1) is 12.5. The highest BCUT2D eigenvalue weighted by Crippen LogP contribution is 2.34. The Bertz CT molecular complexity index is 1130. The number of fused-ring (bicyclic) bond motifs is 1. The first-order valence-electron chi connectivity index (χ1n) is 7.57. The van der Waals surface area contributed by atoms with Gasteiger partial charge in [-0.15, -0.1) is 22.7 Å². The van der Waals surface area contributed by atoms with Gasteiger partial charge in [-0.1, -0.05) is 12.1 Å². The summed E-state index contributed by atoms with van der Waals surface area (Å²) in [4.78, 5) is 2.96. The van der Waals surface area contributed by atoms with Crippen molar-refractivity contribution in [2.24, 2.45) is 0 Å². The monoisotopic (exact) mass is 423 g/mol. The van der Waals surface area contributed by atoms with E-state index in [9.17, 15) is 13.5 Å². The molecule has 0 aliphatic carbocycles. The van der Waals surface area contributed by atoms with Crippen molar-refractivity contribution in [1.82, 2.24) is 13.5 Å². The highest BCUT2D eigenvalue weighted by molar-refractivity contribution is 7.89. The molecule has 3 aromatic heterocycles. The molecule has 134 valence electrons. The Hall–Kier alpha value is -1.69. The van der Waals surface area contributed by atoms with Crippen LogP contribution in [0.3, 0.4) is 0 Å². The number of aliphatic hydroxyl groups excluding tert-OH is 1. The number of aliphatic hydroxyl groups is 1. The maximum absolute atomic E-state index is 12.6. The summed E-state index contributed by atoms with van der Waals surface area (Å²) in [6.45, 7) is -0.110. The lowest BCUT2D eigenvalue weighted by Crippen LogP contribution is -2.28. The third-order valence-corrected chi connectivity index (χ3v) is 7.97. The van der Waals surface area contributed by atoms with Crippen LogP contribution in [0.15, 0.2) is 52.7 Å². The molecule has 4 aromatic rings. The van der Waals surface area contributed by atoms with Gasteiger partial charge in [0.1, 0.15) is 22.0 Å². The minimum Gasteiger partial charge on any atom is -0.386 e. The molecule has 0 bridgehead atoms. The molecule has 2 N–H and O–H groups in total. The van der Waals surface area contributed by atoms with Gasteiger partial charge >= 0.3 is 0 Å². The Kier molecular flexibility index (Phi) is 4.86. The fourth-order valence-corrected chi connectivity index (χ4v) is 6.08. The normalized spacial score (nSPS) is 13.3. The highest BCUT2D eigenvalue weighted by Gasteiger charge is 2.21. The first-order valence-corrected chi connectivity index (χ1v) is 11.5. The Labute approximate surface area is 162 Å². The molecular formula is C16H13N3O3S4. The molecule has 1 aromatic carbocycles. The van der Waals surface area contributed by atoms with E-state index in [-0.39, 0.29) is 11.4 Å². The van der Waals surface area contributed by atoms with Crippen LogP contribution in [0, 0.1) is 0 Å². The number of rotatable bonds is 6. The van der Waals surface area contributed by atoms with Gasteiger partial charge in [-0.2, -0.15) is 8.75 Å². The average molecular weight is 424 g/mol. The maximum atomic E-state index is 12.6. The summed E-state index contributed by atoms with van der Waals surface area (Å²) in [5, 5.41) is 12.4. The molecule has 4 rings (SSSR count). The van der Waals surface area contributed by atoms with Crippen LogP contribution in [0.1, 0.15) is 11.0 Å². The van der Waals surface area contributed by atoms with Crippen LogP contribution in [0.2, 0.25) is 0 Å². The molecule has 0 radical (unpaired) electrons. The van der Waals surface area contributed by atoms with Gasteiger partial charge in [0.25, 0.3) is 0 Å². The van der Waals surface area contributed by atoms with Crippen molar-refractivity contribution >= 4 is 55.5 Å². The summed E-state index contributed by atoms with van der Waals surface area (Å²) in [6, 6.07) is 12.6. The van der Waals surface area contributed by atoms with Crippen molar-refractivity contribution < 1.29 is 13.5 Å². The van der Waals surface area contributed by atoms with E-state index in [0.717, 1.165) is 21.5 Å². The smallest absolute Gasteiger partial charge is 0.242 e. The van der Waals surface area contributed by atoms with Crippen molar-refractivity contribution in [2.45, 2.75) is 11.0 Å². The van der Waals surface area contributed by atoms with E-state index in [2.05, 4.69) is 13.5 Å². The lowest BCUT2D eigenvalue weighted by molar-refractivity contribution is 0.186. The zero-order valence-electron chi connectivity index (χ0n) is 13.2. The van der Waals surface area contributed by atoms with Crippen molar-refractivity contribution in [3.63, 3.8) is 0 Å². The Morgan fingerprint density at radius 3 is 2.77 bits per heavy atom. The second-order valence-corrected chi connectivity index (χ2v) is 9.76. The summed E-state index contributed by atoms with van der Waals surface area (Å²) in [7, 11) is -3.80. The predicted molar refractivity (Wildman–Crippen MR) is 105 cm³/mol. The number of aromatic nitrogens is 2. The molecule has 0 spiro atoms. The van der Waals surface area contributed by atoms with Gasteiger partial charge in [0, 0.05) is 21.2 Å². The standard InChI is InChI=1S/C16H13N3O3S4/c20-11(12-6-7-14(24-12)13-4-2-8-23-13)9-17-26(21,22)15-5-1-3-10-16(15)19-25-18-10/h1-8,11,17,20H,9H2/t11-/m0/s1. The first kappa shape index (κ1) is 17.7. The summed E-state index contributed by atoms with van der Waals surface area (Å²) >= 11 is 4.04. The SMILES string of the molecule is O=S(=O)(NC[C@H](O)c1ccc(-c2cccs2)s1)c1cccc2nsnc12. The molecule has 1 atom stereocenters. The minimum atomic E-state index is -3.80. The molecule has 0 fully saturated rings. The van der Waals surface area contributed by atoms with Crippen LogP contribution < -0.4 is 4.72 Å². The van der Waals surface area contributed by atoms with Crippen LogP contribution in [0.5, 0.6) is 0 Å². The molecule has 0 amide bonds. The number of thiophene rings is 2. The molecule has 0 saturated carbocycles. The third kappa shape index (κ3) is 3.43. The minimum absolute atomic E-state index is 0.0707. The lowest BCUT2D eigenvalue weighted by Gasteiger charge is -2.11. The van der Waals surface area contributed by atoms with Gasteiger partial charge in [-0.3, -0.25) is 0 Å². The van der Waals surface area contributed by atoms with Crippen LogP contribution in [0.4, 0.5) is 0 Å². The van der Waals surface area contributed by atoms with Crippen LogP contribution in [-0.2, 0) is 10.0 Å². The third-order valence-electron chi connectivity index (χ3n) is 3.72. The summed E-state index contributed by atoms with van der Waals surface area (Å²) in [5.41, 5.74) is 0.882. The van der Waals surface area contributed by atoms with Gasteiger partial charge in [-0.25, -0.2) is 13.1 Å². The molecule has 0 aliphatic heterocycles. The molecule has 3 heterocycles. The number of hydrogen-bond acceptors (Lipinski definition) is 8. The summed E-state index contributed by atoms with van der Waals surface area (Å²) in [5.74, 6) is 0. The predicted octanol–water partition coefficient (Wildman–Crippen LogP) is 3.49.